The van der Waals surface area contributed by atoms with Gasteiger partial charge in [0.1, 0.15) is 0 Å². The third kappa shape index (κ3) is 5.43. The van der Waals surface area contributed by atoms with Gasteiger partial charge < -0.3 is 10.1 Å². The van der Waals surface area contributed by atoms with Crippen LogP contribution >= 0.6 is 0 Å². The van der Waals surface area contributed by atoms with Crippen LogP contribution in [0.3, 0.4) is 0 Å². The zero-order valence-corrected chi connectivity index (χ0v) is 12.4. The van der Waals surface area contributed by atoms with Crippen LogP contribution in [0.5, 0.6) is 0 Å². The van der Waals surface area contributed by atoms with Gasteiger partial charge in [0.05, 0.1) is 5.60 Å². The van der Waals surface area contributed by atoms with E-state index in [9.17, 15) is 0 Å². The molecule has 1 N–H and O–H groups in total. The zero-order valence-electron chi connectivity index (χ0n) is 12.4. The molecule has 0 aromatic rings. The van der Waals surface area contributed by atoms with Gasteiger partial charge in [0.25, 0.3) is 0 Å². The molecule has 2 nitrogen and oxygen atoms in total. The molecule has 0 aliphatic heterocycles. The Morgan fingerprint density at radius 3 is 2.56 bits per heavy atom. The maximum absolute atomic E-state index is 6.20. The highest BCUT2D eigenvalue weighted by Gasteiger charge is 2.31. The lowest BCUT2D eigenvalue weighted by molar-refractivity contribution is -0.0763. The number of allylic oxidation sites excluding steroid dienone is 1. The number of nitrogens with one attached hydrogen (secondary N) is 1. The van der Waals surface area contributed by atoms with E-state index in [4.69, 9.17) is 4.74 Å². The minimum absolute atomic E-state index is 0.198. The number of ether oxygens (including phenoxy) is 1. The first-order valence-corrected chi connectivity index (χ1v) is 7.78. The van der Waals surface area contributed by atoms with Crippen molar-refractivity contribution >= 4 is 0 Å². The van der Waals surface area contributed by atoms with E-state index in [2.05, 4.69) is 25.7 Å². The van der Waals surface area contributed by atoms with Gasteiger partial charge in [-0.3, -0.25) is 0 Å². The fraction of sp³-hybridized carbons (Fsp3) is 0.875. The molecule has 1 fully saturated rings. The topological polar surface area (TPSA) is 21.3 Å². The molecule has 1 aliphatic carbocycles. The van der Waals surface area contributed by atoms with E-state index in [1.807, 2.05) is 0 Å². The van der Waals surface area contributed by atoms with Crippen molar-refractivity contribution < 1.29 is 4.74 Å². The molecule has 0 atom stereocenters. The molecule has 2 heteroatoms. The summed E-state index contributed by atoms with van der Waals surface area (Å²) in [6, 6.07) is 0. The first-order chi connectivity index (χ1) is 8.72. The summed E-state index contributed by atoms with van der Waals surface area (Å²) in [5.74, 6) is 0. The number of hydrogen-bond donors (Lipinski definition) is 1. The molecule has 1 aliphatic rings. The quantitative estimate of drug-likeness (QED) is 0.615. The van der Waals surface area contributed by atoms with E-state index in [-0.39, 0.29) is 5.60 Å². The lowest BCUT2D eigenvalue weighted by Gasteiger charge is -2.37. The van der Waals surface area contributed by atoms with E-state index in [1.165, 1.54) is 44.9 Å². The maximum atomic E-state index is 6.20. The highest BCUT2D eigenvalue weighted by Crippen LogP contribution is 2.35. The summed E-state index contributed by atoms with van der Waals surface area (Å²) in [5, 5.41) is 3.40. The Kier molecular flexibility index (Phi) is 7.41. The van der Waals surface area contributed by atoms with E-state index in [1.54, 1.807) is 0 Å². The third-order valence-corrected chi connectivity index (χ3v) is 3.99. The van der Waals surface area contributed by atoms with Crippen LogP contribution in [0.4, 0.5) is 0 Å². The largest absolute Gasteiger partial charge is 0.389 e. The standard InChI is InChI=1S/C16H31NO/c1-4-14-18-16(10-7-6-8-11-16)12-9-13-17-15(3)5-2/h17H,3-14H2,1-2H3. The summed E-state index contributed by atoms with van der Waals surface area (Å²) in [6.07, 6.45) is 11.2. The maximum Gasteiger partial charge on any atom is 0.0683 e. The molecule has 0 spiro atoms. The first-order valence-electron chi connectivity index (χ1n) is 7.78. The highest BCUT2D eigenvalue weighted by atomic mass is 16.5. The van der Waals surface area contributed by atoms with Gasteiger partial charge in [-0.2, -0.15) is 0 Å². The summed E-state index contributed by atoms with van der Waals surface area (Å²) >= 11 is 0. The van der Waals surface area contributed by atoms with Gasteiger partial charge in [-0.1, -0.05) is 39.7 Å². The van der Waals surface area contributed by atoms with Gasteiger partial charge >= 0.3 is 0 Å². The van der Waals surface area contributed by atoms with Crippen LogP contribution in [0, 0.1) is 0 Å². The van der Waals surface area contributed by atoms with Crippen molar-refractivity contribution in [1.82, 2.24) is 5.32 Å². The van der Waals surface area contributed by atoms with Gasteiger partial charge in [-0.05, 0) is 38.5 Å². The molecular formula is C16H31NO. The van der Waals surface area contributed by atoms with E-state index in [0.29, 0.717) is 0 Å². The molecule has 0 radical (unpaired) electrons. The number of hydrogen-bond acceptors (Lipinski definition) is 2. The van der Waals surface area contributed by atoms with Gasteiger partial charge in [-0.15, -0.1) is 0 Å². The number of rotatable bonds is 9. The smallest absolute Gasteiger partial charge is 0.0683 e. The highest BCUT2D eigenvalue weighted by molar-refractivity contribution is 4.90. The SMILES string of the molecule is C=C(CC)NCCCC1(OCCC)CCCCC1. The molecule has 0 aromatic heterocycles. The lowest BCUT2D eigenvalue weighted by atomic mass is 9.81. The van der Waals surface area contributed by atoms with E-state index in [0.717, 1.165) is 31.7 Å². The normalized spacial score (nSPS) is 18.6. The fourth-order valence-corrected chi connectivity index (χ4v) is 2.78. The minimum Gasteiger partial charge on any atom is -0.389 e. The summed E-state index contributed by atoms with van der Waals surface area (Å²) in [5.41, 5.74) is 1.35. The average molecular weight is 253 g/mol. The van der Waals surface area contributed by atoms with Crippen LogP contribution in [-0.4, -0.2) is 18.8 Å². The summed E-state index contributed by atoms with van der Waals surface area (Å²) < 4.78 is 6.20. The van der Waals surface area contributed by atoms with Gasteiger partial charge in [-0.25, -0.2) is 0 Å². The van der Waals surface area contributed by atoms with Gasteiger partial charge in [0.15, 0.2) is 0 Å². The average Bonchev–Trinajstić information content (AvgIpc) is 2.42. The van der Waals surface area contributed by atoms with Crippen LogP contribution < -0.4 is 5.32 Å². The molecule has 1 saturated carbocycles. The predicted molar refractivity (Wildman–Crippen MR) is 78.7 cm³/mol. The monoisotopic (exact) mass is 253 g/mol. The van der Waals surface area contributed by atoms with Crippen LogP contribution in [-0.2, 0) is 4.74 Å². The molecule has 0 bridgehead atoms. The van der Waals surface area contributed by atoms with Crippen molar-refractivity contribution in [2.75, 3.05) is 13.2 Å². The van der Waals surface area contributed by atoms with Gasteiger partial charge in [0.2, 0.25) is 0 Å². The fourth-order valence-electron chi connectivity index (χ4n) is 2.78. The molecule has 0 unspecified atom stereocenters. The predicted octanol–water partition coefficient (Wildman–Crippen LogP) is 4.41. The van der Waals surface area contributed by atoms with Crippen molar-refractivity contribution in [2.24, 2.45) is 0 Å². The molecule has 0 heterocycles. The molecular weight excluding hydrogens is 222 g/mol. The van der Waals surface area contributed by atoms with Crippen molar-refractivity contribution in [1.29, 1.82) is 0 Å². The molecule has 0 amide bonds. The summed E-state index contributed by atoms with van der Waals surface area (Å²) in [6.45, 7) is 10.3. The van der Waals surface area contributed by atoms with Crippen molar-refractivity contribution in [2.45, 2.75) is 77.2 Å². The Hall–Kier alpha value is -0.500. The minimum atomic E-state index is 0.198. The second-order valence-electron chi connectivity index (χ2n) is 5.58. The first kappa shape index (κ1) is 15.6. The molecule has 0 saturated heterocycles. The van der Waals surface area contributed by atoms with E-state index < -0.39 is 0 Å². The third-order valence-electron chi connectivity index (χ3n) is 3.99. The Balaban J connectivity index is 2.29. The summed E-state index contributed by atoms with van der Waals surface area (Å²) in [4.78, 5) is 0. The second kappa shape index (κ2) is 8.58. The van der Waals surface area contributed by atoms with Crippen molar-refractivity contribution in [3.05, 3.63) is 12.3 Å². The Morgan fingerprint density at radius 1 is 1.22 bits per heavy atom. The van der Waals surface area contributed by atoms with Crippen molar-refractivity contribution in [3.8, 4) is 0 Å². The summed E-state index contributed by atoms with van der Waals surface area (Å²) in [7, 11) is 0. The van der Waals surface area contributed by atoms with E-state index >= 15 is 0 Å². The van der Waals surface area contributed by atoms with Crippen molar-refractivity contribution in [3.63, 3.8) is 0 Å². The van der Waals surface area contributed by atoms with Crippen LogP contribution in [0.2, 0.25) is 0 Å². The molecule has 106 valence electrons. The second-order valence-corrected chi connectivity index (χ2v) is 5.58. The lowest BCUT2D eigenvalue weighted by Crippen LogP contribution is -2.36. The Labute approximate surface area is 113 Å². The molecule has 0 aromatic carbocycles. The molecule has 18 heavy (non-hydrogen) atoms. The van der Waals surface area contributed by atoms with Gasteiger partial charge in [0, 0.05) is 18.8 Å². The van der Waals surface area contributed by atoms with Crippen LogP contribution in [0.15, 0.2) is 12.3 Å². The Bertz CT molecular complexity index is 231. The molecule has 1 rings (SSSR count). The Morgan fingerprint density at radius 2 is 1.94 bits per heavy atom. The van der Waals surface area contributed by atoms with Crippen LogP contribution in [0.25, 0.3) is 0 Å². The van der Waals surface area contributed by atoms with Crippen LogP contribution in [0.1, 0.15) is 71.6 Å². The zero-order chi connectivity index (χ0) is 13.3.